The van der Waals surface area contributed by atoms with Gasteiger partial charge in [0.05, 0.1) is 30.6 Å². The van der Waals surface area contributed by atoms with Crippen molar-refractivity contribution in [3.8, 4) is 0 Å². The van der Waals surface area contributed by atoms with E-state index < -0.39 is 0 Å². The maximum absolute atomic E-state index is 5.51. The first-order valence-corrected chi connectivity index (χ1v) is 5.18. The Kier molecular flexibility index (Phi) is 3.45. The zero-order chi connectivity index (χ0) is 11.4. The topological polar surface area (TPSA) is 77.5 Å². The summed E-state index contributed by atoms with van der Waals surface area (Å²) in [5.41, 5.74) is 4.65. The Balaban J connectivity index is 2.30. The molecule has 2 aromatic rings. The number of nitrogens with two attached hydrogens (primary N) is 1. The van der Waals surface area contributed by atoms with Crippen LogP contribution in [0.2, 0.25) is 0 Å². The van der Waals surface area contributed by atoms with Crippen molar-refractivity contribution in [1.82, 2.24) is 20.0 Å². The Labute approximate surface area is 93.4 Å². The lowest BCUT2D eigenvalue weighted by atomic mass is 10.1. The Bertz CT molecular complexity index is 455. The smallest absolute Gasteiger partial charge is 0.0894 e. The Morgan fingerprint density at radius 2 is 2.44 bits per heavy atom. The molecule has 0 aliphatic heterocycles. The highest BCUT2D eigenvalue weighted by molar-refractivity contribution is 5.53. The molecule has 3 N–H and O–H groups in total. The van der Waals surface area contributed by atoms with Gasteiger partial charge >= 0.3 is 0 Å². The number of nitrogens with one attached hydrogen (secondary N) is 1. The van der Waals surface area contributed by atoms with Crippen LogP contribution in [0.15, 0.2) is 24.8 Å². The molecule has 86 valence electrons. The van der Waals surface area contributed by atoms with Crippen molar-refractivity contribution in [2.24, 2.45) is 5.84 Å². The van der Waals surface area contributed by atoms with Gasteiger partial charge in [0.1, 0.15) is 0 Å². The second-order valence-electron chi connectivity index (χ2n) is 3.38. The second kappa shape index (κ2) is 5.02. The van der Waals surface area contributed by atoms with Crippen molar-refractivity contribution in [3.05, 3.63) is 30.4 Å². The van der Waals surface area contributed by atoms with Crippen LogP contribution in [0.3, 0.4) is 0 Å². The van der Waals surface area contributed by atoms with E-state index in [4.69, 9.17) is 10.6 Å². The molecule has 0 bridgehead atoms. The third kappa shape index (κ3) is 2.04. The number of hydrazine groups is 1. The number of rotatable bonds is 5. The van der Waals surface area contributed by atoms with E-state index in [1.807, 2.05) is 6.92 Å². The number of hydrogen-bond donors (Lipinski definition) is 2. The Morgan fingerprint density at radius 1 is 1.56 bits per heavy atom. The standard InChI is InChI=1S/C10H15N5O/c1-2-16-7-9(14-11)8-5-13-15-4-3-12-6-10(8)15/h3-6,9,14H,2,7,11H2,1H3. The van der Waals surface area contributed by atoms with Crippen LogP contribution in [-0.4, -0.2) is 27.8 Å². The monoisotopic (exact) mass is 221 g/mol. The van der Waals surface area contributed by atoms with E-state index in [9.17, 15) is 0 Å². The normalized spacial score (nSPS) is 13.1. The number of ether oxygens (including phenoxy) is 1. The summed E-state index contributed by atoms with van der Waals surface area (Å²) in [6.45, 7) is 3.13. The minimum absolute atomic E-state index is 0.0679. The van der Waals surface area contributed by atoms with E-state index in [1.165, 1.54) is 0 Å². The lowest BCUT2D eigenvalue weighted by molar-refractivity contribution is 0.123. The van der Waals surface area contributed by atoms with Crippen LogP contribution in [0.1, 0.15) is 18.5 Å². The van der Waals surface area contributed by atoms with Gasteiger partial charge in [-0.25, -0.2) is 4.52 Å². The summed E-state index contributed by atoms with van der Waals surface area (Å²) in [6, 6.07) is -0.0679. The van der Waals surface area contributed by atoms with Gasteiger partial charge in [0, 0.05) is 24.6 Å². The average molecular weight is 221 g/mol. The summed E-state index contributed by atoms with van der Waals surface area (Å²) in [5.74, 6) is 5.51. The van der Waals surface area contributed by atoms with Crippen molar-refractivity contribution < 1.29 is 4.74 Å². The summed E-state index contributed by atoms with van der Waals surface area (Å²) in [5, 5.41) is 4.22. The molecule has 0 aromatic carbocycles. The molecule has 2 heterocycles. The SMILES string of the molecule is CCOCC(NN)c1cnn2ccncc12. The molecule has 2 aromatic heterocycles. The van der Waals surface area contributed by atoms with E-state index in [0.29, 0.717) is 13.2 Å². The van der Waals surface area contributed by atoms with Crippen molar-refractivity contribution in [3.63, 3.8) is 0 Å². The maximum atomic E-state index is 5.51. The molecule has 1 unspecified atom stereocenters. The van der Waals surface area contributed by atoms with Gasteiger partial charge in [-0.3, -0.25) is 16.3 Å². The molecule has 0 amide bonds. The van der Waals surface area contributed by atoms with Crippen molar-refractivity contribution in [2.45, 2.75) is 13.0 Å². The highest BCUT2D eigenvalue weighted by Crippen LogP contribution is 2.17. The third-order valence-electron chi connectivity index (χ3n) is 2.42. The number of hydrogen-bond acceptors (Lipinski definition) is 5. The molecule has 6 heteroatoms. The van der Waals surface area contributed by atoms with Crippen molar-refractivity contribution in [1.29, 1.82) is 0 Å². The van der Waals surface area contributed by atoms with Crippen LogP contribution < -0.4 is 11.3 Å². The average Bonchev–Trinajstić information content (AvgIpc) is 2.75. The summed E-state index contributed by atoms with van der Waals surface area (Å²) in [4.78, 5) is 4.07. The summed E-state index contributed by atoms with van der Waals surface area (Å²) >= 11 is 0. The first-order chi connectivity index (χ1) is 7.86. The molecule has 2 rings (SSSR count). The summed E-state index contributed by atoms with van der Waals surface area (Å²) in [7, 11) is 0. The minimum atomic E-state index is -0.0679. The molecule has 1 atom stereocenters. The van der Waals surface area contributed by atoms with Gasteiger partial charge in [-0.1, -0.05) is 0 Å². The summed E-state index contributed by atoms with van der Waals surface area (Å²) in [6.07, 6.45) is 7.03. The van der Waals surface area contributed by atoms with Crippen molar-refractivity contribution >= 4 is 5.52 Å². The molecule has 0 aliphatic rings. The molecule has 16 heavy (non-hydrogen) atoms. The fraction of sp³-hybridized carbons (Fsp3) is 0.400. The van der Waals surface area contributed by atoms with Crippen molar-refractivity contribution in [2.75, 3.05) is 13.2 Å². The Hall–Kier alpha value is -1.50. The minimum Gasteiger partial charge on any atom is -0.380 e. The van der Waals surface area contributed by atoms with Gasteiger partial charge in [-0.2, -0.15) is 5.10 Å². The van der Waals surface area contributed by atoms with Gasteiger partial charge in [-0.05, 0) is 6.92 Å². The molecule has 0 radical (unpaired) electrons. The number of fused-ring (bicyclic) bond motifs is 1. The molecule has 0 fully saturated rings. The van der Waals surface area contributed by atoms with E-state index >= 15 is 0 Å². The zero-order valence-corrected chi connectivity index (χ0v) is 9.13. The van der Waals surface area contributed by atoms with Gasteiger partial charge in [0.25, 0.3) is 0 Å². The number of nitrogens with zero attached hydrogens (tertiary/aromatic N) is 3. The van der Waals surface area contributed by atoms with E-state index in [2.05, 4.69) is 15.5 Å². The van der Waals surface area contributed by atoms with Gasteiger partial charge in [-0.15, -0.1) is 0 Å². The van der Waals surface area contributed by atoms with Crippen LogP contribution in [0.4, 0.5) is 0 Å². The summed E-state index contributed by atoms with van der Waals surface area (Å²) < 4.78 is 7.12. The third-order valence-corrected chi connectivity index (χ3v) is 2.42. The van der Waals surface area contributed by atoms with E-state index in [0.717, 1.165) is 11.1 Å². The molecular weight excluding hydrogens is 206 g/mol. The fourth-order valence-corrected chi connectivity index (χ4v) is 1.58. The van der Waals surface area contributed by atoms with Crippen LogP contribution >= 0.6 is 0 Å². The van der Waals surface area contributed by atoms with Crippen LogP contribution in [0.5, 0.6) is 0 Å². The lowest BCUT2D eigenvalue weighted by Gasteiger charge is -2.14. The molecule has 0 spiro atoms. The predicted molar refractivity (Wildman–Crippen MR) is 59.5 cm³/mol. The van der Waals surface area contributed by atoms with Crippen LogP contribution in [0, 0.1) is 0 Å². The molecule has 0 aliphatic carbocycles. The van der Waals surface area contributed by atoms with Gasteiger partial charge in [0.2, 0.25) is 0 Å². The van der Waals surface area contributed by atoms with Crippen LogP contribution in [0.25, 0.3) is 5.52 Å². The lowest BCUT2D eigenvalue weighted by Crippen LogP contribution is -2.31. The highest BCUT2D eigenvalue weighted by atomic mass is 16.5. The highest BCUT2D eigenvalue weighted by Gasteiger charge is 2.14. The van der Waals surface area contributed by atoms with E-state index in [1.54, 1.807) is 29.3 Å². The molecule has 0 saturated carbocycles. The first kappa shape index (κ1) is 11.0. The van der Waals surface area contributed by atoms with E-state index in [-0.39, 0.29) is 6.04 Å². The maximum Gasteiger partial charge on any atom is 0.0894 e. The second-order valence-corrected chi connectivity index (χ2v) is 3.38. The zero-order valence-electron chi connectivity index (χ0n) is 9.13. The molecule has 0 saturated heterocycles. The van der Waals surface area contributed by atoms with Crippen LogP contribution in [-0.2, 0) is 4.74 Å². The largest absolute Gasteiger partial charge is 0.380 e. The fourth-order valence-electron chi connectivity index (χ4n) is 1.58. The molecule has 6 nitrogen and oxygen atoms in total. The van der Waals surface area contributed by atoms with Gasteiger partial charge in [0.15, 0.2) is 0 Å². The van der Waals surface area contributed by atoms with Gasteiger partial charge < -0.3 is 4.74 Å². The number of aromatic nitrogens is 3. The Morgan fingerprint density at radius 3 is 3.19 bits per heavy atom. The first-order valence-electron chi connectivity index (χ1n) is 5.18. The molecular formula is C10H15N5O. The predicted octanol–water partition coefficient (Wildman–Crippen LogP) is 0.270. The quantitative estimate of drug-likeness (QED) is 0.560.